The maximum absolute atomic E-state index is 13.6. The lowest BCUT2D eigenvalue weighted by molar-refractivity contribution is -0.143. The van der Waals surface area contributed by atoms with Gasteiger partial charge in [-0.15, -0.1) is 0 Å². The van der Waals surface area contributed by atoms with Gasteiger partial charge in [-0.3, -0.25) is 9.59 Å². The molecule has 0 bridgehead atoms. The van der Waals surface area contributed by atoms with Gasteiger partial charge < -0.3 is 0 Å². The lowest BCUT2D eigenvalue weighted by Crippen LogP contribution is -2.11. The highest BCUT2D eigenvalue weighted by Gasteiger charge is 2.37. The van der Waals surface area contributed by atoms with Crippen LogP contribution in [0.2, 0.25) is 0 Å². The molecule has 0 saturated heterocycles. The van der Waals surface area contributed by atoms with Crippen LogP contribution in [0.1, 0.15) is 22.3 Å². The van der Waals surface area contributed by atoms with Gasteiger partial charge in [-0.25, -0.2) is 0 Å². The number of fused-ring (bicyclic) bond motifs is 6. The van der Waals surface area contributed by atoms with Crippen molar-refractivity contribution in [1.82, 2.24) is 0 Å². The van der Waals surface area contributed by atoms with Crippen molar-refractivity contribution >= 4 is 43.1 Å². The van der Waals surface area contributed by atoms with E-state index in [4.69, 9.17) is 0 Å². The Hall–Kier alpha value is -4.98. The van der Waals surface area contributed by atoms with E-state index in [0.717, 1.165) is 22.3 Å². The maximum atomic E-state index is 13.6. The topological polar surface area (TPSA) is 34.1 Å². The normalized spacial score (nSPS) is 12.7. The van der Waals surface area contributed by atoms with Crippen LogP contribution in [0.25, 0.3) is 65.3 Å². The molecule has 0 N–H and O–H groups in total. The molecular weight excluding hydrogens is 578 g/mol. The first-order valence-electron chi connectivity index (χ1n) is 13.6. The number of benzene rings is 5. The van der Waals surface area contributed by atoms with Crippen LogP contribution in [-0.4, -0.2) is 0 Å². The second kappa shape index (κ2) is 9.26. The lowest BCUT2D eigenvalue weighted by atomic mass is 9.97. The van der Waals surface area contributed by atoms with E-state index in [1.54, 1.807) is 12.1 Å². The molecule has 2 nitrogen and oxygen atoms in total. The van der Waals surface area contributed by atoms with Gasteiger partial charge in [0.1, 0.15) is 0 Å². The van der Waals surface area contributed by atoms with E-state index < -0.39 is 28.9 Å². The van der Waals surface area contributed by atoms with Crippen molar-refractivity contribution in [3.05, 3.63) is 128 Å². The summed E-state index contributed by atoms with van der Waals surface area (Å²) < 4.78 is 80.7. The fraction of sp³-hybridized carbons (Fsp3) is 0.111. The molecule has 7 aromatic carbocycles. The third-order valence-corrected chi connectivity index (χ3v) is 8.23. The van der Waals surface area contributed by atoms with Crippen molar-refractivity contribution in [3.8, 4) is 22.3 Å². The predicted octanol–water partition coefficient (Wildman–Crippen LogP) is 9.88. The molecule has 0 aliphatic rings. The number of aryl methyl sites for hydroxylation is 2. The van der Waals surface area contributed by atoms with Crippen molar-refractivity contribution in [2.24, 2.45) is 0 Å². The first kappa shape index (κ1) is 27.8. The minimum atomic E-state index is -5.00. The molecule has 0 unspecified atom stereocenters. The van der Waals surface area contributed by atoms with Crippen molar-refractivity contribution < 1.29 is 26.3 Å². The van der Waals surface area contributed by atoms with E-state index in [-0.39, 0.29) is 28.0 Å². The quantitative estimate of drug-likeness (QED) is 0.186. The molecule has 0 aliphatic carbocycles. The highest BCUT2D eigenvalue weighted by atomic mass is 19.4. The number of hydrogen-bond donors (Lipinski definition) is 0. The summed E-state index contributed by atoms with van der Waals surface area (Å²) in [7, 11) is 0. The van der Waals surface area contributed by atoms with E-state index in [0.29, 0.717) is 49.8 Å². The Kier molecular flexibility index (Phi) is 5.86. The first-order valence-corrected chi connectivity index (χ1v) is 13.6. The van der Waals surface area contributed by atoms with E-state index in [1.807, 2.05) is 44.2 Å². The number of alkyl halides is 6. The van der Waals surface area contributed by atoms with Gasteiger partial charge in [0.15, 0.2) is 10.9 Å². The van der Waals surface area contributed by atoms with Crippen LogP contribution >= 0.6 is 0 Å². The predicted molar refractivity (Wildman–Crippen MR) is 162 cm³/mol. The van der Waals surface area contributed by atoms with E-state index >= 15 is 0 Å². The number of halogens is 6. The third kappa shape index (κ3) is 4.35. The summed E-state index contributed by atoms with van der Waals surface area (Å²) in [4.78, 5) is 27.2. The van der Waals surface area contributed by atoms with Gasteiger partial charge >= 0.3 is 12.4 Å². The Bertz CT molecular complexity index is 2370. The molecule has 8 heteroatoms. The Morgan fingerprint density at radius 3 is 1.18 bits per heavy atom. The molecule has 0 aromatic heterocycles. The molecule has 44 heavy (non-hydrogen) atoms. The van der Waals surface area contributed by atoms with Crippen LogP contribution in [0.5, 0.6) is 0 Å². The smallest absolute Gasteiger partial charge is 0.289 e. The average Bonchev–Trinajstić information content (AvgIpc) is 3.40. The minimum absolute atomic E-state index is 0.0365. The summed E-state index contributed by atoms with van der Waals surface area (Å²) in [6.45, 7) is 4.01. The molecule has 7 rings (SSSR count). The summed E-state index contributed by atoms with van der Waals surface area (Å²) in [6.07, 6.45) is -10.00. The Labute approximate surface area is 245 Å². The minimum Gasteiger partial charge on any atom is -0.289 e. The molecule has 0 heterocycles. The second-order valence-corrected chi connectivity index (χ2v) is 11.3. The molecular formula is C36H20F6O2. The molecule has 218 valence electrons. The van der Waals surface area contributed by atoms with Crippen LogP contribution in [0.15, 0.2) is 94.5 Å². The average molecular weight is 599 g/mol. The zero-order valence-electron chi connectivity index (χ0n) is 23.2. The monoisotopic (exact) mass is 598 g/mol. The highest BCUT2D eigenvalue weighted by Crippen LogP contribution is 2.40. The second-order valence-electron chi connectivity index (χ2n) is 11.3. The van der Waals surface area contributed by atoms with Gasteiger partial charge in [0.05, 0.1) is 11.1 Å². The Morgan fingerprint density at radius 2 is 0.773 bits per heavy atom. The van der Waals surface area contributed by atoms with Crippen molar-refractivity contribution in [2.45, 2.75) is 26.2 Å². The molecule has 0 atom stereocenters. The van der Waals surface area contributed by atoms with Gasteiger partial charge in [-0.05, 0) is 100 Å². The number of hydrogen-bond acceptors (Lipinski definition) is 2. The summed E-state index contributed by atoms with van der Waals surface area (Å²) in [5.74, 6) is 0. The molecule has 7 aromatic rings. The van der Waals surface area contributed by atoms with Gasteiger partial charge in [0.2, 0.25) is 0 Å². The van der Waals surface area contributed by atoms with E-state index in [1.165, 1.54) is 18.2 Å². The van der Waals surface area contributed by atoms with E-state index in [9.17, 15) is 35.9 Å². The standard InChI is InChI=1S/C36H20F6O2/c1-17-7-18(2)9-21(8-17)19-3-5-25-27-15-32-28(16-31(27)33(43)29(25)12-19)26-6-4-20(13-30(26)34(32)44)22-10-23(35(37,38)39)14-24(11-22)36(40,41)42/h3-16H,1-2H3. The number of rotatable bonds is 2. The summed E-state index contributed by atoms with van der Waals surface area (Å²) in [6, 6.07) is 20.6. The molecule has 0 saturated carbocycles. The van der Waals surface area contributed by atoms with Crippen molar-refractivity contribution in [1.29, 1.82) is 0 Å². The van der Waals surface area contributed by atoms with Crippen LogP contribution in [-0.2, 0) is 12.4 Å². The van der Waals surface area contributed by atoms with Crippen molar-refractivity contribution in [3.63, 3.8) is 0 Å². The highest BCUT2D eigenvalue weighted by molar-refractivity contribution is 6.21. The molecule has 0 fully saturated rings. The summed E-state index contributed by atoms with van der Waals surface area (Å²) in [5, 5.41) is 3.64. The summed E-state index contributed by atoms with van der Waals surface area (Å²) >= 11 is 0. The van der Waals surface area contributed by atoms with E-state index in [2.05, 4.69) is 6.07 Å². The SMILES string of the molecule is Cc1cc(C)cc(-c2ccc3c(c2)c(=O)c2cc4c(cc23)c(=O)c2cc(-c3cc(C(F)(F)F)cc(C(F)(F)F)c3)ccc24)c1. The Morgan fingerprint density at radius 1 is 0.386 bits per heavy atom. The van der Waals surface area contributed by atoms with Gasteiger partial charge in [0, 0.05) is 21.5 Å². The zero-order chi connectivity index (χ0) is 31.3. The fourth-order valence-corrected chi connectivity index (χ4v) is 6.27. The van der Waals surface area contributed by atoms with Gasteiger partial charge in [0.25, 0.3) is 0 Å². The van der Waals surface area contributed by atoms with Crippen LogP contribution in [0.4, 0.5) is 26.3 Å². The largest absolute Gasteiger partial charge is 0.416 e. The zero-order valence-corrected chi connectivity index (χ0v) is 23.2. The van der Waals surface area contributed by atoms with Crippen molar-refractivity contribution in [2.75, 3.05) is 0 Å². The van der Waals surface area contributed by atoms with Crippen LogP contribution in [0.3, 0.4) is 0 Å². The van der Waals surface area contributed by atoms with Crippen LogP contribution < -0.4 is 10.9 Å². The molecule has 0 aliphatic heterocycles. The molecule has 0 radical (unpaired) electrons. The van der Waals surface area contributed by atoms with Gasteiger partial charge in [-0.2, -0.15) is 26.3 Å². The summed E-state index contributed by atoms with van der Waals surface area (Å²) in [5.41, 5.74) is 0.306. The van der Waals surface area contributed by atoms with Gasteiger partial charge in [-0.1, -0.05) is 53.6 Å². The third-order valence-electron chi connectivity index (χ3n) is 8.23. The lowest BCUT2D eigenvalue weighted by Gasteiger charge is -2.14. The maximum Gasteiger partial charge on any atom is 0.416 e. The molecule has 0 amide bonds. The first-order chi connectivity index (χ1) is 20.7. The Balaban J connectivity index is 1.41. The van der Waals surface area contributed by atoms with Crippen LogP contribution in [0, 0.1) is 13.8 Å². The fourth-order valence-electron chi connectivity index (χ4n) is 6.27. The molecule has 0 spiro atoms.